The van der Waals surface area contributed by atoms with Gasteiger partial charge in [0.2, 0.25) is 5.91 Å². The molecule has 2 aromatic rings. The Morgan fingerprint density at radius 3 is 2.66 bits per heavy atom. The minimum Gasteiger partial charge on any atom is -0.353 e. The maximum atomic E-state index is 14.1. The van der Waals surface area contributed by atoms with Crippen LogP contribution in [0.3, 0.4) is 0 Å². The smallest absolute Gasteiger partial charge is 0.224 e. The summed E-state index contributed by atoms with van der Waals surface area (Å²) >= 11 is 0. The van der Waals surface area contributed by atoms with Crippen molar-refractivity contribution in [3.05, 3.63) is 59.7 Å². The molecule has 1 saturated heterocycles. The van der Waals surface area contributed by atoms with Crippen molar-refractivity contribution in [3.63, 3.8) is 0 Å². The molecule has 2 fully saturated rings. The Bertz CT molecular complexity index is 864. The third kappa shape index (κ3) is 5.02. The lowest BCUT2D eigenvalue weighted by Gasteiger charge is -2.32. The van der Waals surface area contributed by atoms with Crippen LogP contribution in [-0.4, -0.2) is 29.9 Å². The summed E-state index contributed by atoms with van der Waals surface area (Å²) in [5, 5.41) is 3.24. The standard InChI is InChI=1S/C24H28F2N2O/c25-20-10-11-22(23(26)14-20)18-6-3-5-17(13-18)15-28-12-4-7-19(16-28)24(29)27-21-8-1-2-9-21/h3,5-6,10-11,13-14,19,21H,1-2,4,7-9,12,15-16H2,(H,27,29). The second kappa shape index (κ2) is 9.04. The first kappa shape index (κ1) is 20.0. The number of nitrogens with one attached hydrogen (secondary N) is 1. The fourth-order valence-corrected chi connectivity index (χ4v) is 4.62. The number of amides is 1. The van der Waals surface area contributed by atoms with Crippen LogP contribution in [-0.2, 0) is 11.3 Å². The average molecular weight is 398 g/mol. The monoisotopic (exact) mass is 398 g/mol. The van der Waals surface area contributed by atoms with Gasteiger partial charge in [-0.1, -0.05) is 31.0 Å². The molecule has 3 nitrogen and oxygen atoms in total. The van der Waals surface area contributed by atoms with E-state index in [1.54, 1.807) is 0 Å². The van der Waals surface area contributed by atoms with E-state index in [0.29, 0.717) is 11.6 Å². The van der Waals surface area contributed by atoms with Gasteiger partial charge in [-0.05, 0) is 61.6 Å². The number of carbonyl (C=O) groups excluding carboxylic acids is 1. The predicted octanol–water partition coefficient (Wildman–Crippen LogP) is 4.90. The lowest BCUT2D eigenvalue weighted by molar-refractivity contribution is -0.127. The predicted molar refractivity (Wildman–Crippen MR) is 110 cm³/mol. The highest BCUT2D eigenvalue weighted by Crippen LogP contribution is 2.26. The molecule has 4 rings (SSSR count). The second-order valence-corrected chi connectivity index (χ2v) is 8.39. The zero-order valence-electron chi connectivity index (χ0n) is 16.7. The Morgan fingerprint density at radius 1 is 1.03 bits per heavy atom. The van der Waals surface area contributed by atoms with Crippen molar-refractivity contribution >= 4 is 5.91 Å². The van der Waals surface area contributed by atoms with Crippen molar-refractivity contribution < 1.29 is 13.6 Å². The number of likely N-dealkylation sites (tertiary alicyclic amines) is 1. The molecule has 0 radical (unpaired) electrons. The van der Waals surface area contributed by atoms with Gasteiger partial charge in [0.05, 0.1) is 5.92 Å². The second-order valence-electron chi connectivity index (χ2n) is 8.39. The molecule has 2 aromatic carbocycles. The number of benzene rings is 2. The minimum absolute atomic E-state index is 0.0436. The van der Waals surface area contributed by atoms with E-state index in [2.05, 4.69) is 10.2 Å². The number of carbonyl (C=O) groups is 1. The molecule has 0 aromatic heterocycles. The van der Waals surface area contributed by atoms with Crippen LogP contribution in [0.5, 0.6) is 0 Å². The van der Waals surface area contributed by atoms with Gasteiger partial charge >= 0.3 is 0 Å². The summed E-state index contributed by atoms with van der Waals surface area (Å²) in [4.78, 5) is 15.0. The largest absolute Gasteiger partial charge is 0.353 e. The summed E-state index contributed by atoms with van der Waals surface area (Å²) in [5.74, 6) is -0.882. The van der Waals surface area contributed by atoms with Crippen molar-refractivity contribution in [2.75, 3.05) is 13.1 Å². The first-order chi connectivity index (χ1) is 14.1. The van der Waals surface area contributed by atoms with Crippen LogP contribution in [0.2, 0.25) is 0 Å². The molecule has 1 aliphatic heterocycles. The van der Waals surface area contributed by atoms with Gasteiger partial charge in [-0.15, -0.1) is 0 Å². The van der Waals surface area contributed by atoms with Crippen LogP contribution in [0.4, 0.5) is 8.78 Å². The molecule has 1 aliphatic carbocycles. The van der Waals surface area contributed by atoms with E-state index in [-0.39, 0.29) is 11.8 Å². The molecular weight excluding hydrogens is 370 g/mol. The first-order valence-corrected chi connectivity index (χ1v) is 10.7. The van der Waals surface area contributed by atoms with E-state index in [9.17, 15) is 13.6 Å². The summed E-state index contributed by atoms with van der Waals surface area (Å²) in [6.07, 6.45) is 6.59. The maximum absolute atomic E-state index is 14.1. The molecule has 1 unspecified atom stereocenters. The number of rotatable bonds is 5. The zero-order chi connectivity index (χ0) is 20.2. The number of piperidine rings is 1. The Hall–Kier alpha value is -2.27. The fraction of sp³-hybridized carbons (Fsp3) is 0.458. The van der Waals surface area contributed by atoms with Crippen LogP contribution in [0.25, 0.3) is 11.1 Å². The SMILES string of the molecule is O=C(NC1CCCC1)C1CCCN(Cc2cccc(-c3ccc(F)cc3F)c2)C1. The van der Waals surface area contributed by atoms with Crippen LogP contribution >= 0.6 is 0 Å². The summed E-state index contributed by atoms with van der Waals surface area (Å²) in [6.45, 7) is 2.44. The quantitative estimate of drug-likeness (QED) is 0.777. The van der Waals surface area contributed by atoms with E-state index in [1.165, 1.54) is 25.0 Å². The molecule has 1 heterocycles. The molecule has 0 spiro atoms. The normalized spacial score (nSPS) is 20.7. The van der Waals surface area contributed by atoms with Crippen LogP contribution < -0.4 is 5.32 Å². The molecule has 1 N–H and O–H groups in total. The summed E-state index contributed by atoms with van der Waals surface area (Å²) in [6, 6.07) is 11.8. The highest BCUT2D eigenvalue weighted by Gasteiger charge is 2.28. The third-order valence-corrected chi connectivity index (χ3v) is 6.15. The lowest BCUT2D eigenvalue weighted by Crippen LogP contribution is -2.45. The Morgan fingerprint density at radius 2 is 1.86 bits per heavy atom. The number of nitrogens with zero attached hydrogens (tertiary/aromatic N) is 1. The van der Waals surface area contributed by atoms with E-state index < -0.39 is 11.6 Å². The van der Waals surface area contributed by atoms with Crippen molar-refractivity contribution in [2.24, 2.45) is 5.92 Å². The van der Waals surface area contributed by atoms with Crippen LogP contribution in [0.1, 0.15) is 44.1 Å². The van der Waals surface area contributed by atoms with E-state index in [0.717, 1.165) is 62.5 Å². The molecule has 1 saturated carbocycles. The first-order valence-electron chi connectivity index (χ1n) is 10.7. The molecule has 29 heavy (non-hydrogen) atoms. The third-order valence-electron chi connectivity index (χ3n) is 6.15. The molecular formula is C24H28F2N2O. The summed E-state index contributed by atoms with van der Waals surface area (Å²) in [7, 11) is 0. The van der Waals surface area contributed by atoms with Crippen molar-refractivity contribution in [1.82, 2.24) is 10.2 Å². The molecule has 1 atom stereocenters. The molecule has 5 heteroatoms. The van der Waals surface area contributed by atoms with Gasteiger partial charge in [0, 0.05) is 30.8 Å². The van der Waals surface area contributed by atoms with Crippen molar-refractivity contribution in [3.8, 4) is 11.1 Å². The molecule has 1 amide bonds. The van der Waals surface area contributed by atoms with Gasteiger partial charge in [0.25, 0.3) is 0 Å². The lowest BCUT2D eigenvalue weighted by atomic mass is 9.95. The van der Waals surface area contributed by atoms with E-state index in [4.69, 9.17) is 0 Å². The summed E-state index contributed by atoms with van der Waals surface area (Å²) < 4.78 is 27.3. The number of hydrogen-bond donors (Lipinski definition) is 1. The molecule has 0 bridgehead atoms. The highest BCUT2D eigenvalue weighted by atomic mass is 19.1. The Kier molecular flexibility index (Phi) is 6.24. The summed E-state index contributed by atoms with van der Waals surface area (Å²) in [5.41, 5.74) is 2.22. The van der Waals surface area contributed by atoms with Crippen molar-refractivity contribution in [2.45, 2.75) is 51.1 Å². The number of hydrogen-bond acceptors (Lipinski definition) is 2. The zero-order valence-corrected chi connectivity index (χ0v) is 16.7. The van der Waals surface area contributed by atoms with E-state index in [1.807, 2.05) is 24.3 Å². The number of halogens is 2. The van der Waals surface area contributed by atoms with Gasteiger partial charge in [-0.3, -0.25) is 9.69 Å². The fourth-order valence-electron chi connectivity index (χ4n) is 4.62. The van der Waals surface area contributed by atoms with Gasteiger partial charge in [-0.25, -0.2) is 8.78 Å². The van der Waals surface area contributed by atoms with E-state index >= 15 is 0 Å². The van der Waals surface area contributed by atoms with Crippen LogP contribution in [0, 0.1) is 17.6 Å². The van der Waals surface area contributed by atoms with Crippen LogP contribution in [0.15, 0.2) is 42.5 Å². The highest BCUT2D eigenvalue weighted by molar-refractivity contribution is 5.79. The topological polar surface area (TPSA) is 32.3 Å². The van der Waals surface area contributed by atoms with Gasteiger partial charge in [-0.2, -0.15) is 0 Å². The molecule has 154 valence electrons. The Balaban J connectivity index is 1.40. The van der Waals surface area contributed by atoms with Crippen molar-refractivity contribution in [1.29, 1.82) is 0 Å². The minimum atomic E-state index is -0.572. The van der Waals surface area contributed by atoms with Gasteiger partial charge < -0.3 is 5.32 Å². The average Bonchev–Trinajstić information content (AvgIpc) is 3.21. The molecule has 2 aliphatic rings. The Labute approximate surface area is 171 Å². The maximum Gasteiger partial charge on any atom is 0.224 e. The van der Waals surface area contributed by atoms with Gasteiger partial charge in [0.15, 0.2) is 0 Å². The van der Waals surface area contributed by atoms with Gasteiger partial charge in [0.1, 0.15) is 11.6 Å².